The Labute approximate surface area is 178 Å². The molecule has 7 heteroatoms. The number of hydrogen-bond acceptors (Lipinski definition) is 7. The fourth-order valence-electron chi connectivity index (χ4n) is 2.58. The smallest absolute Gasteiger partial charge is 0.339 e. The maximum absolute atomic E-state index is 12.5. The summed E-state index contributed by atoms with van der Waals surface area (Å²) in [7, 11) is 0. The highest BCUT2D eigenvalue weighted by Gasteiger charge is 2.16. The van der Waals surface area contributed by atoms with Crippen LogP contribution in [0, 0.1) is 6.92 Å². The van der Waals surface area contributed by atoms with Crippen molar-refractivity contribution in [3.05, 3.63) is 75.7 Å². The first kappa shape index (κ1) is 21.1. The van der Waals surface area contributed by atoms with Crippen LogP contribution in [0.25, 0.3) is 0 Å². The molecule has 0 aliphatic rings. The normalized spacial score (nSPS) is 10.6. The molecule has 0 spiro atoms. The number of ether oxygens (including phenoxy) is 2. The van der Waals surface area contributed by atoms with Crippen LogP contribution in [0.4, 0.5) is 0 Å². The van der Waals surface area contributed by atoms with Crippen molar-refractivity contribution in [3.8, 4) is 5.75 Å². The Morgan fingerprint density at radius 3 is 2.55 bits per heavy atom. The predicted molar refractivity (Wildman–Crippen MR) is 115 cm³/mol. The molecule has 29 heavy (non-hydrogen) atoms. The van der Waals surface area contributed by atoms with E-state index in [2.05, 4.69) is 4.98 Å². The molecular weight excluding hydrogens is 406 g/mol. The maximum Gasteiger partial charge on any atom is 0.339 e. The van der Waals surface area contributed by atoms with Crippen LogP contribution in [0.1, 0.15) is 38.3 Å². The molecule has 1 aromatic heterocycles. The molecule has 0 radical (unpaired) electrons. The molecule has 0 fully saturated rings. The Morgan fingerprint density at radius 2 is 1.86 bits per heavy atom. The molecule has 0 saturated heterocycles. The molecule has 0 aliphatic carbocycles. The molecule has 3 aromatic rings. The molecule has 2 aromatic carbocycles. The van der Waals surface area contributed by atoms with E-state index in [9.17, 15) is 9.59 Å². The fourth-order valence-corrected chi connectivity index (χ4v) is 4.23. The molecule has 0 saturated carbocycles. The van der Waals surface area contributed by atoms with Crippen LogP contribution < -0.4 is 4.74 Å². The Morgan fingerprint density at radius 1 is 1.10 bits per heavy atom. The number of benzene rings is 2. The summed E-state index contributed by atoms with van der Waals surface area (Å²) >= 11 is 3.12. The Kier molecular flexibility index (Phi) is 7.43. The number of aryl methyl sites for hydroxylation is 1. The van der Waals surface area contributed by atoms with Gasteiger partial charge in [0.1, 0.15) is 5.75 Å². The zero-order chi connectivity index (χ0) is 20.6. The molecular formula is C22H21NO4S2. The average molecular weight is 428 g/mol. The van der Waals surface area contributed by atoms with Crippen LogP contribution in [0.15, 0.2) is 58.8 Å². The van der Waals surface area contributed by atoms with Gasteiger partial charge in [-0.15, -0.1) is 23.1 Å². The first-order valence-electron chi connectivity index (χ1n) is 9.13. The van der Waals surface area contributed by atoms with Gasteiger partial charge >= 0.3 is 5.97 Å². The second-order valence-corrected chi connectivity index (χ2v) is 8.18. The Hall–Kier alpha value is -2.64. The number of thioether (sulfide) groups is 1. The van der Waals surface area contributed by atoms with Crippen LogP contribution in [-0.4, -0.2) is 30.0 Å². The molecule has 0 unspecified atom stereocenters. The Balaban J connectivity index is 1.59. The van der Waals surface area contributed by atoms with E-state index in [1.807, 2.05) is 31.4 Å². The van der Waals surface area contributed by atoms with E-state index in [1.54, 1.807) is 47.7 Å². The van der Waals surface area contributed by atoms with Crippen LogP contribution >= 0.6 is 23.1 Å². The van der Waals surface area contributed by atoms with Gasteiger partial charge in [0.25, 0.3) is 0 Å². The van der Waals surface area contributed by atoms with Crippen LogP contribution in [-0.2, 0) is 10.5 Å². The number of carbonyl (C=O) groups excluding carboxylic acids is 2. The number of rotatable bonds is 9. The quantitative estimate of drug-likeness (QED) is 0.266. The number of thiazole rings is 1. The highest BCUT2D eigenvalue weighted by molar-refractivity contribution is 7.98. The monoisotopic (exact) mass is 427 g/mol. The minimum Gasteiger partial charge on any atom is -0.494 e. The third-order valence-electron chi connectivity index (χ3n) is 3.97. The van der Waals surface area contributed by atoms with Gasteiger partial charge in [-0.25, -0.2) is 9.78 Å². The second-order valence-electron chi connectivity index (χ2n) is 6.10. The molecule has 0 atom stereocenters. The zero-order valence-corrected chi connectivity index (χ0v) is 17.8. The highest BCUT2D eigenvalue weighted by atomic mass is 32.2. The number of Topliss-reactive ketones (excluding diaryl/α,β-unsaturated/α-hetero) is 1. The van der Waals surface area contributed by atoms with Crippen LogP contribution in [0.3, 0.4) is 0 Å². The number of ketones is 1. The summed E-state index contributed by atoms with van der Waals surface area (Å²) in [4.78, 5) is 30.1. The third-order valence-corrected chi connectivity index (χ3v) is 5.90. The molecule has 0 N–H and O–H groups in total. The number of esters is 1. The van der Waals surface area contributed by atoms with E-state index in [1.165, 1.54) is 11.8 Å². The lowest BCUT2D eigenvalue weighted by Crippen LogP contribution is -2.15. The maximum atomic E-state index is 12.5. The van der Waals surface area contributed by atoms with Crippen molar-refractivity contribution < 1.29 is 19.1 Å². The topological polar surface area (TPSA) is 65.5 Å². The molecule has 5 nitrogen and oxygen atoms in total. The summed E-state index contributed by atoms with van der Waals surface area (Å²) in [6.45, 7) is 4.11. The lowest BCUT2D eigenvalue weighted by atomic mass is 10.1. The van der Waals surface area contributed by atoms with Gasteiger partial charge in [-0.2, -0.15) is 0 Å². The molecule has 1 heterocycles. The largest absolute Gasteiger partial charge is 0.494 e. The SMILES string of the molecule is CCOc1ccc(C(=O)COC(=O)c2ccccc2SCc2csc(C)n2)cc1. The van der Waals surface area contributed by atoms with Gasteiger partial charge in [0.2, 0.25) is 0 Å². The Bertz CT molecular complexity index is 982. The van der Waals surface area contributed by atoms with Gasteiger partial charge in [0, 0.05) is 21.6 Å². The summed E-state index contributed by atoms with van der Waals surface area (Å²) in [6, 6.07) is 14.0. The summed E-state index contributed by atoms with van der Waals surface area (Å²) in [5.41, 5.74) is 1.90. The van der Waals surface area contributed by atoms with Crippen molar-refractivity contribution in [2.75, 3.05) is 13.2 Å². The fraction of sp³-hybridized carbons (Fsp3) is 0.227. The number of carbonyl (C=O) groups is 2. The molecule has 0 amide bonds. The van der Waals surface area contributed by atoms with E-state index in [0.29, 0.717) is 29.2 Å². The van der Waals surface area contributed by atoms with Crippen molar-refractivity contribution in [2.45, 2.75) is 24.5 Å². The van der Waals surface area contributed by atoms with E-state index in [4.69, 9.17) is 9.47 Å². The number of nitrogens with zero attached hydrogens (tertiary/aromatic N) is 1. The van der Waals surface area contributed by atoms with E-state index in [-0.39, 0.29) is 12.4 Å². The first-order chi connectivity index (χ1) is 14.1. The summed E-state index contributed by atoms with van der Waals surface area (Å²) < 4.78 is 10.6. The van der Waals surface area contributed by atoms with Crippen molar-refractivity contribution in [1.82, 2.24) is 4.98 Å². The van der Waals surface area contributed by atoms with Crippen LogP contribution in [0.5, 0.6) is 5.75 Å². The summed E-state index contributed by atoms with van der Waals surface area (Å²) in [5.74, 6) is 0.591. The summed E-state index contributed by atoms with van der Waals surface area (Å²) in [5, 5.41) is 3.03. The van der Waals surface area contributed by atoms with Gasteiger partial charge in [-0.1, -0.05) is 12.1 Å². The van der Waals surface area contributed by atoms with Gasteiger partial charge in [-0.05, 0) is 50.2 Å². The molecule has 0 bridgehead atoms. The van der Waals surface area contributed by atoms with Crippen LogP contribution in [0.2, 0.25) is 0 Å². The van der Waals surface area contributed by atoms with Crippen molar-refractivity contribution in [1.29, 1.82) is 0 Å². The number of aromatic nitrogens is 1. The highest BCUT2D eigenvalue weighted by Crippen LogP contribution is 2.27. The lowest BCUT2D eigenvalue weighted by Gasteiger charge is -2.09. The van der Waals surface area contributed by atoms with Gasteiger partial charge in [0.05, 0.1) is 22.9 Å². The third kappa shape index (κ3) is 5.92. The second kappa shape index (κ2) is 10.2. The molecule has 150 valence electrons. The van der Waals surface area contributed by atoms with E-state index < -0.39 is 5.97 Å². The first-order valence-corrected chi connectivity index (χ1v) is 11.0. The lowest BCUT2D eigenvalue weighted by molar-refractivity contribution is 0.0471. The summed E-state index contributed by atoms with van der Waals surface area (Å²) in [6.07, 6.45) is 0. The van der Waals surface area contributed by atoms with Gasteiger partial charge < -0.3 is 9.47 Å². The van der Waals surface area contributed by atoms with E-state index >= 15 is 0 Å². The zero-order valence-electron chi connectivity index (χ0n) is 16.2. The van der Waals surface area contributed by atoms with Gasteiger partial charge in [-0.3, -0.25) is 4.79 Å². The standard InChI is InChI=1S/C22H21NO4S2/c1-3-26-18-10-8-16(9-11-18)20(24)12-27-22(25)19-6-4-5-7-21(19)29-14-17-13-28-15(2)23-17/h4-11,13H,3,12,14H2,1-2H3. The van der Waals surface area contributed by atoms with Crippen molar-refractivity contribution in [2.24, 2.45) is 0 Å². The number of hydrogen-bond donors (Lipinski definition) is 0. The van der Waals surface area contributed by atoms with Gasteiger partial charge in [0.15, 0.2) is 12.4 Å². The molecule has 0 aliphatic heterocycles. The minimum absolute atomic E-state index is 0.260. The van der Waals surface area contributed by atoms with E-state index in [0.717, 1.165) is 15.6 Å². The predicted octanol–water partition coefficient (Wildman–Crippen LogP) is 5.18. The average Bonchev–Trinajstić information content (AvgIpc) is 3.16. The molecule has 3 rings (SSSR count). The minimum atomic E-state index is -0.512. The van der Waals surface area contributed by atoms with Crippen molar-refractivity contribution >= 4 is 34.9 Å². The van der Waals surface area contributed by atoms with Crippen molar-refractivity contribution in [3.63, 3.8) is 0 Å².